The standard InChI is InChI=1S/C13H18F2N6/c1-12(2,3)20-11-18-9-8(16-7-17-9)10(19-11)21-5-4-13(14,15)6-21/h7H,4-6H2,1-3H3,(H2,16,17,18,19,20). The molecule has 0 atom stereocenters. The molecule has 0 bridgehead atoms. The van der Waals surface area contributed by atoms with E-state index in [0.29, 0.717) is 22.9 Å². The van der Waals surface area contributed by atoms with Crippen LogP contribution in [0, 0.1) is 0 Å². The van der Waals surface area contributed by atoms with E-state index in [-0.39, 0.29) is 25.0 Å². The number of H-pyrrole nitrogens is 1. The number of aromatic amines is 1. The summed E-state index contributed by atoms with van der Waals surface area (Å²) in [4.78, 5) is 17.4. The van der Waals surface area contributed by atoms with Crippen LogP contribution in [0.25, 0.3) is 11.2 Å². The summed E-state index contributed by atoms with van der Waals surface area (Å²) >= 11 is 0. The number of imidazole rings is 1. The van der Waals surface area contributed by atoms with Crippen LogP contribution in [0.5, 0.6) is 0 Å². The maximum Gasteiger partial charge on any atom is 0.266 e. The van der Waals surface area contributed by atoms with Gasteiger partial charge in [0.15, 0.2) is 17.0 Å². The molecule has 0 aromatic carbocycles. The fraction of sp³-hybridized carbons (Fsp3) is 0.615. The topological polar surface area (TPSA) is 69.7 Å². The Hall–Kier alpha value is -1.99. The molecule has 114 valence electrons. The third-order valence-corrected chi connectivity index (χ3v) is 3.22. The summed E-state index contributed by atoms with van der Waals surface area (Å²) in [6, 6.07) is 0. The molecule has 8 heteroatoms. The van der Waals surface area contributed by atoms with Gasteiger partial charge >= 0.3 is 0 Å². The van der Waals surface area contributed by atoms with Gasteiger partial charge in [-0.1, -0.05) is 0 Å². The SMILES string of the molecule is CC(C)(C)Nc1nc(N2CCC(F)(F)C2)c2nc[nH]c2n1. The molecule has 1 saturated heterocycles. The van der Waals surface area contributed by atoms with Gasteiger partial charge in [0.2, 0.25) is 5.95 Å². The van der Waals surface area contributed by atoms with Crippen LogP contribution in [0.15, 0.2) is 6.33 Å². The van der Waals surface area contributed by atoms with Gasteiger partial charge in [-0.05, 0) is 20.8 Å². The van der Waals surface area contributed by atoms with E-state index in [0.717, 1.165) is 0 Å². The van der Waals surface area contributed by atoms with Crippen molar-refractivity contribution in [1.29, 1.82) is 0 Å². The van der Waals surface area contributed by atoms with E-state index >= 15 is 0 Å². The third-order valence-electron chi connectivity index (χ3n) is 3.22. The minimum absolute atomic E-state index is 0.162. The van der Waals surface area contributed by atoms with E-state index in [2.05, 4.69) is 25.3 Å². The molecule has 1 fully saturated rings. The molecule has 2 N–H and O–H groups in total. The molecule has 0 aliphatic carbocycles. The van der Waals surface area contributed by atoms with Crippen molar-refractivity contribution in [2.75, 3.05) is 23.3 Å². The lowest BCUT2D eigenvalue weighted by Crippen LogP contribution is -2.29. The quantitative estimate of drug-likeness (QED) is 0.890. The lowest BCUT2D eigenvalue weighted by molar-refractivity contribution is 0.0257. The minimum Gasteiger partial charge on any atom is -0.350 e. The molecular formula is C13H18F2N6. The molecule has 3 rings (SSSR count). The summed E-state index contributed by atoms with van der Waals surface area (Å²) in [6.45, 7) is 5.88. The number of nitrogens with one attached hydrogen (secondary N) is 2. The number of aromatic nitrogens is 4. The number of hydrogen-bond donors (Lipinski definition) is 2. The monoisotopic (exact) mass is 296 g/mol. The highest BCUT2D eigenvalue weighted by molar-refractivity contribution is 5.84. The van der Waals surface area contributed by atoms with Crippen LogP contribution in [0.4, 0.5) is 20.5 Å². The lowest BCUT2D eigenvalue weighted by atomic mass is 10.1. The molecule has 1 aliphatic heterocycles. The lowest BCUT2D eigenvalue weighted by Gasteiger charge is -2.22. The van der Waals surface area contributed by atoms with Crippen molar-refractivity contribution >= 4 is 22.9 Å². The van der Waals surface area contributed by atoms with Gasteiger partial charge < -0.3 is 15.2 Å². The Morgan fingerprint density at radius 2 is 2.10 bits per heavy atom. The second kappa shape index (κ2) is 4.51. The number of alkyl halides is 2. The molecule has 2 aromatic heterocycles. The van der Waals surface area contributed by atoms with Gasteiger partial charge in [0.25, 0.3) is 5.92 Å². The van der Waals surface area contributed by atoms with E-state index in [1.807, 2.05) is 20.8 Å². The second-order valence-corrected chi connectivity index (χ2v) is 6.37. The largest absolute Gasteiger partial charge is 0.350 e. The predicted molar refractivity (Wildman–Crippen MR) is 76.8 cm³/mol. The van der Waals surface area contributed by atoms with Gasteiger partial charge in [0.05, 0.1) is 12.9 Å². The Balaban J connectivity index is 2.02. The van der Waals surface area contributed by atoms with Gasteiger partial charge in [-0.25, -0.2) is 13.8 Å². The van der Waals surface area contributed by atoms with E-state index in [1.54, 1.807) is 4.90 Å². The summed E-state index contributed by atoms with van der Waals surface area (Å²) in [5.41, 5.74) is 0.842. The molecule has 2 aromatic rings. The van der Waals surface area contributed by atoms with E-state index in [1.165, 1.54) is 6.33 Å². The highest BCUT2D eigenvalue weighted by atomic mass is 19.3. The van der Waals surface area contributed by atoms with Gasteiger partial charge in [-0.3, -0.25) is 0 Å². The highest BCUT2D eigenvalue weighted by Crippen LogP contribution is 2.33. The highest BCUT2D eigenvalue weighted by Gasteiger charge is 2.39. The van der Waals surface area contributed by atoms with Crippen LogP contribution in [0.1, 0.15) is 27.2 Å². The summed E-state index contributed by atoms with van der Waals surface area (Å²) < 4.78 is 26.9. The van der Waals surface area contributed by atoms with E-state index in [4.69, 9.17) is 0 Å². The molecule has 0 spiro atoms. The number of hydrogen-bond acceptors (Lipinski definition) is 5. The van der Waals surface area contributed by atoms with Gasteiger partial charge in [0, 0.05) is 18.5 Å². The molecule has 0 saturated carbocycles. The molecule has 3 heterocycles. The van der Waals surface area contributed by atoms with Crippen molar-refractivity contribution < 1.29 is 8.78 Å². The minimum atomic E-state index is -2.68. The zero-order valence-corrected chi connectivity index (χ0v) is 12.2. The first-order valence-electron chi connectivity index (χ1n) is 6.86. The summed E-state index contributed by atoms with van der Waals surface area (Å²) in [5.74, 6) is -1.82. The van der Waals surface area contributed by atoms with Crippen molar-refractivity contribution in [1.82, 2.24) is 19.9 Å². The maximum atomic E-state index is 13.4. The van der Waals surface area contributed by atoms with Crippen molar-refractivity contribution in [3.63, 3.8) is 0 Å². The fourth-order valence-electron chi connectivity index (χ4n) is 2.35. The first-order valence-corrected chi connectivity index (χ1v) is 6.86. The zero-order chi connectivity index (χ0) is 15.3. The zero-order valence-electron chi connectivity index (χ0n) is 12.2. The van der Waals surface area contributed by atoms with Crippen molar-refractivity contribution in [3.05, 3.63) is 6.33 Å². The molecule has 21 heavy (non-hydrogen) atoms. The molecule has 6 nitrogen and oxygen atoms in total. The second-order valence-electron chi connectivity index (χ2n) is 6.37. The normalized spacial score (nSPS) is 18.4. The summed E-state index contributed by atoms with van der Waals surface area (Å²) in [7, 11) is 0. The van der Waals surface area contributed by atoms with Crippen LogP contribution < -0.4 is 10.2 Å². The first kappa shape index (κ1) is 14.0. The number of rotatable bonds is 2. The first-order chi connectivity index (χ1) is 9.73. The molecule has 0 radical (unpaired) electrons. The Morgan fingerprint density at radius 3 is 2.71 bits per heavy atom. The Labute approximate surface area is 121 Å². The molecule has 1 aliphatic rings. The Kier molecular flexibility index (Phi) is 3.00. The molecular weight excluding hydrogens is 278 g/mol. The average Bonchev–Trinajstić information content (AvgIpc) is 2.91. The Morgan fingerprint density at radius 1 is 1.33 bits per heavy atom. The average molecular weight is 296 g/mol. The number of nitrogens with zero attached hydrogens (tertiary/aromatic N) is 4. The van der Waals surface area contributed by atoms with Crippen LogP contribution in [0.2, 0.25) is 0 Å². The predicted octanol–water partition coefficient (Wildman–Crippen LogP) is 2.41. The fourth-order valence-corrected chi connectivity index (χ4v) is 2.35. The van der Waals surface area contributed by atoms with Crippen LogP contribution in [-0.4, -0.2) is 44.5 Å². The van der Waals surface area contributed by atoms with E-state index in [9.17, 15) is 8.78 Å². The van der Waals surface area contributed by atoms with Crippen molar-refractivity contribution in [3.8, 4) is 0 Å². The van der Waals surface area contributed by atoms with E-state index < -0.39 is 5.92 Å². The van der Waals surface area contributed by atoms with Gasteiger partial charge in [-0.15, -0.1) is 0 Å². The Bertz CT molecular complexity index is 660. The molecule has 0 amide bonds. The van der Waals surface area contributed by atoms with Crippen molar-refractivity contribution in [2.24, 2.45) is 0 Å². The maximum absolute atomic E-state index is 13.4. The number of anilines is 2. The number of halogens is 2. The van der Waals surface area contributed by atoms with Crippen LogP contribution in [0.3, 0.4) is 0 Å². The smallest absolute Gasteiger partial charge is 0.266 e. The summed E-state index contributed by atoms with van der Waals surface area (Å²) in [6.07, 6.45) is 1.34. The summed E-state index contributed by atoms with van der Waals surface area (Å²) in [5, 5.41) is 3.16. The molecule has 0 unspecified atom stereocenters. The van der Waals surface area contributed by atoms with Crippen molar-refractivity contribution in [2.45, 2.75) is 38.7 Å². The third kappa shape index (κ3) is 2.88. The van der Waals surface area contributed by atoms with Gasteiger partial charge in [-0.2, -0.15) is 9.97 Å². The van der Waals surface area contributed by atoms with Gasteiger partial charge in [0.1, 0.15) is 0 Å². The number of fused-ring (bicyclic) bond motifs is 1. The van der Waals surface area contributed by atoms with Crippen LogP contribution in [-0.2, 0) is 0 Å². The van der Waals surface area contributed by atoms with Crippen LogP contribution >= 0.6 is 0 Å².